The van der Waals surface area contributed by atoms with E-state index < -0.39 is 6.10 Å². The topological polar surface area (TPSA) is 84.6 Å². The number of carbonyl (C=O) groups is 1. The van der Waals surface area contributed by atoms with Crippen LogP contribution in [-0.4, -0.2) is 29.8 Å². The number of carbonyl (C=O) groups excluding carboxylic acids is 1. The molecular weight excluding hydrogens is 256 g/mol. The largest absolute Gasteiger partial charge is 0.491 e. The molecule has 0 unspecified atom stereocenters. The van der Waals surface area contributed by atoms with E-state index in [9.17, 15) is 9.90 Å². The number of amides is 1. The summed E-state index contributed by atoms with van der Waals surface area (Å²) in [5.41, 5.74) is 6.31. The minimum Gasteiger partial charge on any atom is -0.491 e. The zero-order chi connectivity index (χ0) is 14.4. The lowest BCUT2D eigenvalue weighted by atomic mass is 9.92. The maximum absolute atomic E-state index is 11.8. The summed E-state index contributed by atoms with van der Waals surface area (Å²) in [5.74, 6) is 0.503. The number of hydrogen-bond donors (Lipinski definition) is 3. The van der Waals surface area contributed by atoms with Gasteiger partial charge in [-0.2, -0.15) is 0 Å². The standard InChI is InChI=1S/C15H22N2O3/c16-11-5-1-4-8-14(11)20-10-9-15(19)17-12-6-2-3-7-13(12)18/h1,4-5,8,12-13,18H,2-3,6-7,9-10,16H2,(H,17,19)/t12-,13-/m0/s1. The van der Waals surface area contributed by atoms with E-state index in [1.165, 1.54) is 0 Å². The fourth-order valence-electron chi connectivity index (χ4n) is 2.42. The van der Waals surface area contributed by atoms with Gasteiger partial charge in [-0.25, -0.2) is 0 Å². The number of hydrogen-bond acceptors (Lipinski definition) is 4. The predicted molar refractivity (Wildman–Crippen MR) is 77.4 cm³/mol. The molecule has 0 heterocycles. The summed E-state index contributed by atoms with van der Waals surface area (Å²) in [5, 5.41) is 12.7. The van der Waals surface area contributed by atoms with Gasteiger partial charge >= 0.3 is 0 Å². The van der Waals surface area contributed by atoms with Gasteiger partial charge in [-0.05, 0) is 25.0 Å². The fourth-order valence-corrected chi connectivity index (χ4v) is 2.42. The van der Waals surface area contributed by atoms with Gasteiger partial charge in [-0.1, -0.05) is 25.0 Å². The van der Waals surface area contributed by atoms with Gasteiger partial charge in [0.15, 0.2) is 0 Å². The minimum absolute atomic E-state index is 0.0922. The fraction of sp³-hybridized carbons (Fsp3) is 0.533. The van der Waals surface area contributed by atoms with Crippen molar-refractivity contribution in [3.8, 4) is 5.75 Å². The number of para-hydroxylation sites is 2. The molecule has 20 heavy (non-hydrogen) atoms. The lowest BCUT2D eigenvalue weighted by Crippen LogP contribution is -2.45. The molecule has 1 aliphatic rings. The van der Waals surface area contributed by atoms with Crippen molar-refractivity contribution in [2.75, 3.05) is 12.3 Å². The third kappa shape index (κ3) is 4.13. The van der Waals surface area contributed by atoms with Crippen LogP contribution in [0.3, 0.4) is 0 Å². The number of benzene rings is 1. The highest BCUT2D eigenvalue weighted by atomic mass is 16.5. The number of rotatable bonds is 5. The Morgan fingerprint density at radius 1 is 1.35 bits per heavy atom. The molecular formula is C15H22N2O3. The monoisotopic (exact) mass is 278 g/mol. The first-order valence-electron chi connectivity index (χ1n) is 7.11. The van der Waals surface area contributed by atoms with Crippen LogP contribution in [0.15, 0.2) is 24.3 Å². The van der Waals surface area contributed by atoms with Crippen LogP contribution in [0.25, 0.3) is 0 Å². The third-order valence-electron chi connectivity index (χ3n) is 3.58. The summed E-state index contributed by atoms with van der Waals surface area (Å²) < 4.78 is 5.48. The van der Waals surface area contributed by atoms with Gasteiger partial charge < -0.3 is 20.9 Å². The Balaban J connectivity index is 1.71. The second kappa shape index (κ2) is 7.14. The molecule has 1 amide bonds. The van der Waals surface area contributed by atoms with Crippen LogP contribution in [0.5, 0.6) is 5.75 Å². The quantitative estimate of drug-likeness (QED) is 0.712. The molecule has 1 fully saturated rings. The van der Waals surface area contributed by atoms with Gasteiger partial charge in [0.05, 0.1) is 30.9 Å². The van der Waals surface area contributed by atoms with E-state index in [1.807, 2.05) is 12.1 Å². The lowest BCUT2D eigenvalue weighted by molar-refractivity contribution is -0.123. The molecule has 2 rings (SSSR count). The maximum Gasteiger partial charge on any atom is 0.223 e. The molecule has 1 aliphatic carbocycles. The first kappa shape index (κ1) is 14.7. The summed E-state index contributed by atoms with van der Waals surface area (Å²) in [7, 11) is 0. The van der Waals surface area contributed by atoms with E-state index in [2.05, 4.69) is 5.32 Å². The Morgan fingerprint density at radius 3 is 2.85 bits per heavy atom. The normalized spacial score (nSPS) is 22.2. The van der Waals surface area contributed by atoms with E-state index >= 15 is 0 Å². The minimum atomic E-state index is -0.418. The van der Waals surface area contributed by atoms with Crippen LogP contribution in [-0.2, 0) is 4.79 Å². The van der Waals surface area contributed by atoms with Gasteiger partial charge in [0.2, 0.25) is 5.91 Å². The molecule has 4 N–H and O–H groups in total. The number of aliphatic hydroxyl groups is 1. The predicted octanol–water partition coefficient (Wildman–Crippen LogP) is 1.46. The zero-order valence-electron chi connectivity index (χ0n) is 11.5. The van der Waals surface area contributed by atoms with Gasteiger partial charge in [-0.3, -0.25) is 4.79 Å². The summed E-state index contributed by atoms with van der Waals surface area (Å²) in [6.07, 6.45) is 3.54. The second-order valence-electron chi connectivity index (χ2n) is 5.16. The molecule has 0 aromatic heterocycles. The average molecular weight is 278 g/mol. The summed E-state index contributed by atoms with van der Waals surface area (Å²) >= 11 is 0. The average Bonchev–Trinajstić information content (AvgIpc) is 2.43. The Hall–Kier alpha value is -1.75. The van der Waals surface area contributed by atoms with Crippen molar-refractivity contribution in [2.45, 2.75) is 44.2 Å². The van der Waals surface area contributed by atoms with Crippen molar-refractivity contribution in [3.05, 3.63) is 24.3 Å². The molecule has 0 aliphatic heterocycles. The van der Waals surface area contributed by atoms with Crippen molar-refractivity contribution in [3.63, 3.8) is 0 Å². The smallest absolute Gasteiger partial charge is 0.223 e. The first-order valence-corrected chi connectivity index (χ1v) is 7.11. The Kier molecular flexibility index (Phi) is 5.24. The van der Waals surface area contributed by atoms with Gasteiger partial charge in [0, 0.05) is 0 Å². The first-order chi connectivity index (χ1) is 9.66. The van der Waals surface area contributed by atoms with Crippen molar-refractivity contribution in [1.82, 2.24) is 5.32 Å². The van der Waals surface area contributed by atoms with Crippen molar-refractivity contribution in [1.29, 1.82) is 0 Å². The van der Waals surface area contributed by atoms with Crippen molar-refractivity contribution < 1.29 is 14.6 Å². The molecule has 0 spiro atoms. The summed E-state index contributed by atoms with van der Waals surface area (Å²) in [4.78, 5) is 11.8. The maximum atomic E-state index is 11.8. The Bertz CT molecular complexity index is 450. The van der Waals surface area contributed by atoms with Crippen LogP contribution in [0.1, 0.15) is 32.1 Å². The SMILES string of the molecule is Nc1ccccc1OCCC(=O)N[C@H]1CCCC[C@@H]1O. The Morgan fingerprint density at radius 2 is 2.10 bits per heavy atom. The van der Waals surface area contributed by atoms with Gasteiger partial charge in [-0.15, -0.1) is 0 Å². The molecule has 1 aromatic carbocycles. The van der Waals surface area contributed by atoms with Crippen molar-refractivity contribution >= 4 is 11.6 Å². The number of aliphatic hydroxyl groups excluding tert-OH is 1. The molecule has 0 radical (unpaired) electrons. The number of nitrogen functional groups attached to an aromatic ring is 1. The number of nitrogens with two attached hydrogens (primary N) is 1. The summed E-state index contributed by atoms with van der Waals surface area (Å²) in [6.45, 7) is 0.281. The summed E-state index contributed by atoms with van der Waals surface area (Å²) in [6, 6.07) is 7.09. The van der Waals surface area contributed by atoms with E-state index in [-0.39, 0.29) is 25.0 Å². The second-order valence-corrected chi connectivity index (χ2v) is 5.16. The van der Waals surface area contributed by atoms with E-state index in [0.29, 0.717) is 11.4 Å². The molecule has 5 nitrogen and oxygen atoms in total. The van der Waals surface area contributed by atoms with E-state index in [0.717, 1.165) is 25.7 Å². The molecule has 5 heteroatoms. The van der Waals surface area contributed by atoms with Crippen molar-refractivity contribution in [2.24, 2.45) is 0 Å². The highest BCUT2D eigenvalue weighted by Gasteiger charge is 2.24. The van der Waals surface area contributed by atoms with Crippen LogP contribution >= 0.6 is 0 Å². The number of anilines is 1. The number of ether oxygens (including phenoxy) is 1. The molecule has 1 aromatic rings. The highest BCUT2D eigenvalue weighted by Crippen LogP contribution is 2.20. The Labute approximate surface area is 119 Å². The molecule has 2 atom stereocenters. The van der Waals surface area contributed by atoms with E-state index in [4.69, 9.17) is 10.5 Å². The van der Waals surface area contributed by atoms with Gasteiger partial charge in [0.25, 0.3) is 0 Å². The van der Waals surface area contributed by atoms with E-state index in [1.54, 1.807) is 12.1 Å². The number of nitrogens with one attached hydrogen (secondary N) is 1. The van der Waals surface area contributed by atoms with Crippen LogP contribution < -0.4 is 15.8 Å². The van der Waals surface area contributed by atoms with Crippen LogP contribution in [0.4, 0.5) is 5.69 Å². The molecule has 0 saturated heterocycles. The van der Waals surface area contributed by atoms with Gasteiger partial charge in [0.1, 0.15) is 5.75 Å². The van der Waals surface area contributed by atoms with Crippen LogP contribution in [0, 0.1) is 0 Å². The molecule has 110 valence electrons. The molecule has 0 bridgehead atoms. The zero-order valence-corrected chi connectivity index (χ0v) is 11.5. The van der Waals surface area contributed by atoms with Crippen LogP contribution in [0.2, 0.25) is 0 Å². The highest BCUT2D eigenvalue weighted by molar-refractivity contribution is 5.76. The third-order valence-corrected chi connectivity index (χ3v) is 3.58. The molecule has 1 saturated carbocycles. The lowest BCUT2D eigenvalue weighted by Gasteiger charge is -2.28.